The average molecular weight is 336 g/mol. The second-order valence-corrected chi connectivity index (χ2v) is 6.87. The van der Waals surface area contributed by atoms with Crippen LogP contribution < -0.4 is 5.32 Å². The lowest BCUT2D eigenvalue weighted by Gasteiger charge is -1.99. The third kappa shape index (κ3) is 3.66. The van der Waals surface area contributed by atoms with Crippen LogP contribution in [0.25, 0.3) is 11.3 Å². The fraction of sp³-hybridized carbons (Fsp3) is 0.0714. The van der Waals surface area contributed by atoms with E-state index in [1.54, 1.807) is 18.5 Å². The molecule has 0 bridgehead atoms. The lowest BCUT2D eigenvalue weighted by Crippen LogP contribution is -2.13. The molecule has 3 heterocycles. The molecule has 3 aromatic heterocycles. The number of thiophene rings is 1. The van der Waals surface area contributed by atoms with E-state index in [0.29, 0.717) is 15.9 Å². The van der Waals surface area contributed by atoms with Crippen molar-refractivity contribution in [1.29, 1.82) is 0 Å². The first-order valence-electron chi connectivity index (χ1n) is 6.11. The highest BCUT2D eigenvalue weighted by atomic mass is 35.5. The Hall–Kier alpha value is -1.76. The fourth-order valence-electron chi connectivity index (χ4n) is 1.75. The average Bonchev–Trinajstić information content (AvgIpc) is 3.09. The summed E-state index contributed by atoms with van der Waals surface area (Å²) in [4.78, 5) is 21.3. The van der Waals surface area contributed by atoms with Crippen LogP contribution in [-0.4, -0.2) is 15.9 Å². The molecular weight excluding hydrogens is 326 g/mol. The Morgan fingerprint density at radius 3 is 2.95 bits per heavy atom. The number of amides is 1. The zero-order valence-corrected chi connectivity index (χ0v) is 13.1. The van der Waals surface area contributed by atoms with Crippen LogP contribution in [0.2, 0.25) is 4.34 Å². The number of halogens is 1. The number of nitrogens with one attached hydrogen (secondary N) is 1. The molecule has 0 aliphatic carbocycles. The van der Waals surface area contributed by atoms with Gasteiger partial charge in [-0.15, -0.1) is 22.7 Å². The van der Waals surface area contributed by atoms with E-state index in [1.165, 1.54) is 22.7 Å². The summed E-state index contributed by atoms with van der Waals surface area (Å²) in [5, 5.41) is 5.28. The minimum Gasteiger partial charge on any atom is -0.302 e. The van der Waals surface area contributed by atoms with Crippen molar-refractivity contribution in [3.05, 3.63) is 51.3 Å². The van der Waals surface area contributed by atoms with Crippen LogP contribution in [0, 0.1) is 0 Å². The standard InChI is InChI=1S/C14H10ClN3OS2/c15-12-4-3-10(21-12)6-13(19)18-14-17-11(8-20-14)9-2-1-5-16-7-9/h1-5,7-8H,6H2,(H,17,18,19). The van der Waals surface area contributed by atoms with Crippen LogP contribution in [0.5, 0.6) is 0 Å². The maximum atomic E-state index is 11.9. The number of aromatic nitrogens is 2. The van der Waals surface area contributed by atoms with E-state index in [9.17, 15) is 4.79 Å². The highest BCUT2D eigenvalue weighted by Gasteiger charge is 2.10. The summed E-state index contributed by atoms with van der Waals surface area (Å²) >= 11 is 8.65. The highest BCUT2D eigenvalue weighted by Crippen LogP contribution is 2.25. The first-order valence-corrected chi connectivity index (χ1v) is 8.18. The number of hydrogen-bond acceptors (Lipinski definition) is 5. The second-order valence-electron chi connectivity index (χ2n) is 4.21. The van der Waals surface area contributed by atoms with Crippen LogP contribution in [0.3, 0.4) is 0 Å². The van der Waals surface area contributed by atoms with Gasteiger partial charge in [0.1, 0.15) is 0 Å². The summed E-state index contributed by atoms with van der Waals surface area (Å²) in [6.07, 6.45) is 3.76. The van der Waals surface area contributed by atoms with Gasteiger partial charge in [0, 0.05) is 28.2 Å². The van der Waals surface area contributed by atoms with Crippen molar-refractivity contribution in [2.24, 2.45) is 0 Å². The Kier molecular flexibility index (Phi) is 4.28. The zero-order chi connectivity index (χ0) is 14.7. The molecule has 0 atom stereocenters. The second kappa shape index (κ2) is 6.34. The van der Waals surface area contributed by atoms with E-state index >= 15 is 0 Å². The molecule has 0 saturated carbocycles. The van der Waals surface area contributed by atoms with Gasteiger partial charge in [-0.3, -0.25) is 9.78 Å². The molecule has 21 heavy (non-hydrogen) atoms. The van der Waals surface area contributed by atoms with Gasteiger partial charge in [0.25, 0.3) is 0 Å². The molecule has 4 nitrogen and oxygen atoms in total. The van der Waals surface area contributed by atoms with E-state index in [0.717, 1.165) is 16.1 Å². The number of rotatable bonds is 4. The van der Waals surface area contributed by atoms with E-state index in [4.69, 9.17) is 11.6 Å². The van der Waals surface area contributed by atoms with Crippen molar-refractivity contribution < 1.29 is 4.79 Å². The number of hydrogen-bond donors (Lipinski definition) is 1. The van der Waals surface area contributed by atoms with Crippen LogP contribution in [0.15, 0.2) is 42.0 Å². The minimum absolute atomic E-state index is 0.0967. The van der Waals surface area contributed by atoms with E-state index in [-0.39, 0.29) is 5.91 Å². The molecule has 0 radical (unpaired) electrons. The van der Waals surface area contributed by atoms with Crippen LogP contribution >= 0.6 is 34.3 Å². The van der Waals surface area contributed by atoms with Crippen LogP contribution in [0.4, 0.5) is 5.13 Å². The monoisotopic (exact) mass is 335 g/mol. The molecule has 0 aliphatic heterocycles. The van der Waals surface area contributed by atoms with Crippen molar-refractivity contribution in [3.63, 3.8) is 0 Å². The molecule has 0 aliphatic rings. The smallest absolute Gasteiger partial charge is 0.231 e. The molecule has 106 valence electrons. The van der Waals surface area contributed by atoms with Crippen molar-refractivity contribution in [1.82, 2.24) is 9.97 Å². The summed E-state index contributed by atoms with van der Waals surface area (Å²) in [7, 11) is 0. The van der Waals surface area contributed by atoms with Crippen molar-refractivity contribution in [2.45, 2.75) is 6.42 Å². The third-order valence-electron chi connectivity index (χ3n) is 2.67. The molecule has 0 aromatic carbocycles. The molecule has 0 unspecified atom stereocenters. The van der Waals surface area contributed by atoms with E-state index in [1.807, 2.05) is 23.6 Å². The number of carbonyl (C=O) groups excluding carboxylic acids is 1. The van der Waals surface area contributed by atoms with Crippen LogP contribution in [0.1, 0.15) is 4.88 Å². The largest absolute Gasteiger partial charge is 0.302 e. The quantitative estimate of drug-likeness (QED) is 0.781. The topological polar surface area (TPSA) is 54.9 Å². The predicted octanol–water partition coefficient (Wildman–Crippen LogP) is 4.10. The number of nitrogens with zero attached hydrogens (tertiary/aromatic N) is 2. The van der Waals surface area contributed by atoms with E-state index in [2.05, 4.69) is 15.3 Å². The Bertz CT molecular complexity index is 754. The van der Waals surface area contributed by atoms with Gasteiger partial charge in [0.2, 0.25) is 5.91 Å². The molecule has 0 saturated heterocycles. The molecule has 0 spiro atoms. The Morgan fingerprint density at radius 1 is 1.33 bits per heavy atom. The molecule has 1 N–H and O–H groups in total. The Morgan fingerprint density at radius 2 is 2.24 bits per heavy atom. The summed E-state index contributed by atoms with van der Waals surface area (Å²) in [5.41, 5.74) is 1.74. The number of pyridine rings is 1. The SMILES string of the molecule is O=C(Cc1ccc(Cl)s1)Nc1nc(-c2cccnc2)cs1. The van der Waals surface area contributed by atoms with E-state index < -0.39 is 0 Å². The molecule has 0 fully saturated rings. The van der Waals surface area contributed by atoms with Crippen molar-refractivity contribution in [2.75, 3.05) is 5.32 Å². The minimum atomic E-state index is -0.0967. The highest BCUT2D eigenvalue weighted by molar-refractivity contribution is 7.16. The molecule has 3 rings (SSSR count). The van der Waals surface area contributed by atoms with Crippen LogP contribution in [-0.2, 0) is 11.2 Å². The van der Waals surface area contributed by atoms with Gasteiger partial charge < -0.3 is 5.32 Å². The third-order valence-corrected chi connectivity index (χ3v) is 4.66. The normalized spacial score (nSPS) is 10.5. The van der Waals surface area contributed by atoms with Crippen molar-refractivity contribution in [3.8, 4) is 11.3 Å². The lowest BCUT2D eigenvalue weighted by atomic mass is 10.2. The van der Waals surface area contributed by atoms with Gasteiger partial charge in [-0.1, -0.05) is 11.6 Å². The van der Waals surface area contributed by atoms with Gasteiger partial charge in [0.05, 0.1) is 16.5 Å². The van der Waals surface area contributed by atoms with Gasteiger partial charge in [-0.2, -0.15) is 0 Å². The summed E-state index contributed by atoms with van der Waals surface area (Å²) in [5.74, 6) is -0.0967. The Balaban J connectivity index is 1.66. The fourth-order valence-corrected chi connectivity index (χ4v) is 3.57. The summed E-state index contributed by atoms with van der Waals surface area (Å²) in [6, 6.07) is 7.43. The maximum Gasteiger partial charge on any atom is 0.231 e. The number of thiazole rings is 1. The zero-order valence-electron chi connectivity index (χ0n) is 10.7. The molecular formula is C14H10ClN3OS2. The molecule has 3 aromatic rings. The first kappa shape index (κ1) is 14.2. The van der Waals surface area contributed by atoms with Crippen molar-refractivity contribution >= 4 is 45.3 Å². The molecule has 1 amide bonds. The summed E-state index contributed by atoms with van der Waals surface area (Å²) in [6.45, 7) is 0. The number of carbonyl (C=O) groups is 1. The maximum absolute atomic E-state index is 11.9. The summed E-state index contributed by atoms with van der Waals surface area (Å²) < 4.78 is 0.686. The van der Waals surface area contributed by atoms with Gasteiger partial charge in [-0.05, 0) is 24.3 Å². The van der Waals surface area contributed by atoms with Gasteiger partial charge in [-0.25, -0.2) is 4.98 Å². The Labute approximate surface area is 134 Å². The van der Waals surface area contributed by atoms with Gasteiger partial charge >= 0.3 is 0 Å². The lowest BCUT2D eigenvalue weighted by molar-refractivity contribution is -0.115. The van der Waals surface area contributed by atoms with Gasteiger partial charge in [0.15, 0.2) is 5.13 Å². The predicted molar refractivity (Wildman–Crippen MR) is 87.0 cm³/mol. The number of anilines is 1. The first-order chi connectivity index (χ1) is 10.2. The molecule has 7 heteroatoms.